The van der Waals surface area contributed by atoms with Gasteiger partial charge in [0.15, 0.2) is 0 Å². The molecule has 0 radical (unpaired) electrons. The molecule has 1 amide bonds. The Morgan fingerprint density at radius 1 is 1.25 bits per heavy atom. The van der Waals surface area contributed by atoms with Crippen molar-refractivity contribution in [2.45, 2.75) is 39.8 Å². The quantitative estimate of drug-likeness (QED) is 0.887. The van der Waals surface area contributed by atoms with E-state index < -0.39 is 17.2 Å². The maximum atomic E-state index is 12.5. The maximum absolute atomic E-state index is 12.5. The molecule has 0 saturated carbocycles. The minimum atomic E-state index is -0.700. The van der Waals surface area contributed by atoms with Crippen LogP contribution in [0.1, 0.15) is 37.7 Å². The predicted molar refractivity (Wildman–Crippen MR) is 92.0 cm³/mol. The monoisotopic (exact) mass is 350 g/mol. The molecule has 1 aromatic carbocycles. The molecule has 7 nitrogen and oxygen atoms in total. The number of benzene rings is 1. The summed E-state index contributed by atoms with van der Waals surface area (Å²) in [5.41, 5.74) is -1.20. The molecule has 1 heterocycles. The van der Waals surface area contributed by atoms with Crippen LogP contribution in [0.15, 0.2) is 33.9 Å². The summed E-state index contributed by atoms with van der Waals surface area (Å²) in [6, 6.07) is 6.29. The smallest absolute Gasteiger partial charge is 0.348 e. The van der Waals surface area contributed by atoms with Gasteiger partial charge in [0.2, 0.25) is 5.69 Å². The zero-order valence-corrected chi connectivity index (χ0v) is 14.5. The fourth-order valence-electron chi connectivity index (χ4n) is 2.08. The van der Waals surface area contributed by atoms with E-state index in [4.69, 9.17) is 11.6 Å². The molecule has 8 heteroatoms. The summed E-state index contributed by atoms with van der Waals surface area (Å²) in [5.74, 6) is -0.598. The summed E-state index contributed by atoms with van der Waals surface area (Å²) in [6.07, 6.45) is 0.713. The highest BCUT2D eigenvalue weighted by atomic mass is 35.5. The van der Waals surface area contributed by atoms with Crippen LogP contribution in [0, 0.1) is 0 Å². The first-order valence-electron chi connectivity index (χ1n) is 7.70. The van der Waals surface area contributed by atoms with Crippen LogP contribution < -0.4 is 16.6 Å². The number of aromatic nitrogens is 3. The molecule has 0 bridgehead atoms. The molecule has 1 aromatic heterocycles. The van der Waals surface area contributed by atoms with E-state index in [1.54, 1.807) is 31.2 Å². The highest BCUT2D eigenvalue weighted by Crippen LogP contribution is 2.11. The molecule has 0 fully saturated rings. The van der Waals surface area contributed by atoms with Gasteiger partial charge in [0.05, 0.1) is 5.69 Å². The third kappa shape index (κ3) is 3.56. The Morgan fingerprint density at radius 3 is 2.42 bits per heavy atom. The lowest BCUT2D eigenvalue weighted by Gasteiger charge is -2.13. The van der Waals surface area contributed by atoms with Gasteiger partial charge in [-0.2, -0.15) is 9.78 Å². The third-order valence-corrected chi connectivity index (χ3v) is 3.90. The minimum Gasteiger partial charge on any atom is -0.348 e. The molecule has 2 rings (SSSR count). The van der Waals surface area contributed by atoms with Crippen molar-refractivity contribution in [3.63, 3.8) is 0 Å². The van der Waals surface area contributed by atoms with E-state index in [0.717, 1.165) is 9.25 Å². The van der Waals surface area contributed by atoms with Crippen LogP contribution in [0.3, 0.4) is 0 Å². The zero-order chi connectivity index (χ0) is 17.9. The normalized spacial score (nSPS) is 12.0. The lowest BCUT2D eigenvalue weighted by molar-refractivity contribution is 0.0929. The highest BCUT2D eigenvalue weighted by molar-refractivity contribution is 6.30. The molecule has 1 atom stereocenters. The molecule has 0 aliphatic carbocycles. The van der Waals surface area contributed by atoms with E-state index >= 15 is 0 Å². The number of nitrogens with zero attached hydrogens (tertiary/aromatic N) is 3. The SMILES string of the molecule is CC[C@H](C)NC(=O)c1nn(-c2ccc(Cl)cc2)c(=O)n(CC)c1=O. The number of halogens is 1. The van der Waals surface area contributed by atoms with Crippen molar-refractivity contribution in [3.05, 3.63) is 55.8 Å². The summed E-state index contributed by atoms with van der Waals surface area (Å²) in [4.78, 5) is 37.2. The summed E-state index contributed by atoms with van der Waals surface area (Å²) >= 11 is 5.85. The fraction of sp³-hybridized carbons (Fsp3) is 0.375. The Balaban J connectivity index is 2.63. The van der Waals surface area contributed by atoms with E-state index in [1.807, 2.05) is 13.8 Å². The summed E-state index contributed by atoms with van der Waals surface area (Å²) < 4.78 is 2.01. The van der Waals surface area contributed by atoms with E-state index in [-0.39, 0.29) is 18.3 Å². The molecule has 0 spiro atoms. The summed E-state index contributed by atoms with van der Waals surface area (Å²) in [6.45, 7) is 5.53. The first kappa shape index (κ1) is 17.9. The Bertz CT molecular complexity index is 855. The van der Waals surface area contributed by atoms with Crippen molar-refractivity contribution in [2.75, 3.05) is 0 Å². The van der Waals surface area contributed by atoms with E-state index in [2.05, 4.69) is 10.4 Å². The molecular weight excluding hydrogens is 332 g/mol. The van der Waals surface area contributed by atoms with Gasteiger partial charge in [0, 0.05) is 17.6 Å². The topological polar surface area (TPSA) is 86.0 Å². The fourth-order valence-corrected chi connectivity index (χ4v) is 2.21. The summed E-state index contributed by atoms with van der Waals surface area (Å²) in [7, 11) is 0. The second kappa shape index (κ2) is 7.44. The lowest BCUT2D eigenvalue weighted by atomic mass is 10.2. The Morgan fingerprint density at radius 2 is 1.88 bits per heavy atom. The molecule has 24 heavy (non-hydrogen) atoms. The lowest BCUT2D eigenvalue weighted by Crippen LogP contribution is -2.46. The minimum absolute atomic E-state index is 0.107. The Hall–Kier alpha value is -2.41. The molecule has 0 aliphatic rings. The second-order valence-corrected chi connectivity index (χ2v) is 5.79. The van der Waals surface area contributed by atoms with Gasteiger partial charge in [-0.15, -0.1) is 0 Å². The van der Waals surface area contributed by atoms with Gasteiger partial charge in [0.1, 0.15) is 0 Å². The van der Waals surface area contributed by atoms with Gasteiger partial charge < -0.3 is 5.32 Å². The van der Waals surface area contributed by atoms with Crippen molar-refractivity contribution < 1.29 is 4.79 Å². The number of carbonyl (C=O) groups excluding carboxylic acids is 1. The highest BCUT2D eigenvalue weighted by Gasteiger charge is 2.20. The second-order valence-electron chi connectivity index (χ2n) is 5.35. The molecular formula is C16H19ClN4O3. The van der Waals surface area contributed by atoms with Crippen LogP contribution in [0.25, 0.3) is 5.69 Å². The Kier molecular flexibility index (Phi) is 5.56. The standard InChI is InChI=1S/C16H19ClN4O3/c1-4-10(3)18-14(22)13-15(23)20(5-2)16(24)21(19-13)12-8-6-11(17)7-9-12/h6-10H,4-5H2,1-3H3,(H,18,22)/t10-/m0/s1. The van der Waals surface area contributed by atoms with Crippen molar-refractivity contribution in [1.29, 1.82) is 0 Å². The molecule has 0 unspecified atom stereocenters. The number of amides is 1. The van der Waals surface area contributed by atoms with Gasteiger partial charge in [-0.05, 0) is 44.5 Å². The van der Waals surface area contributed by atoms with Gasteiger partial charge in [-0.25, -0.2) is 4.79 Å². The van der Waals surface area contributed by atoms with Crippen LogP contribution >= 0.6 is 11.6 Å². The summed E-state index contributed by atoms with van der Waals surface area (Å²) in [5, 5.41) is 7.18. The van der Waals surface area contributed by atoms with Gasteiger partial charge in [0.25, 0.3) is 11.5 Å². The predicted octanol–water partition coefficient (Wildman–Crippen LogP) is 1.60. The van der Waals surface area contributed by atoms with Crippen LogP contribution in [0.4, 0.5) is 0 Å². The van der Waals surface area contributed by atoms with Gasteiger partial charge in [-0.1, -0.05) is 18.5 Å². The van der Waals surface area contributed by atoms with Crippen molar-refractivity contribution in [1.82, 2.24) is 19.7 Å². The van der Waals surface area contributed by atoms with E-state index in [9.17, 15) is 14.4 Å². The van der Waals surface area contributed by atoms with Crippen molar-refractivity contribution in [3.8, 4) is 5.69 Å². The van der Waals surface area contributed by atoms with E-state index in [1.165, 1.54) is 0 Å². The number of hydrogen-bond donors (Lipinski definition) is 1. The first-order chi connectivity index (χ1) is 11.4. The maximum Gasteiger partial charge on any atom is 0.352 e. The van der Waals surface area contributed by atoms with E-state index in [0.29, 0.717) is 17.1 Å². The zero-order valence-electron chi connectivity index (χ0n) is 13.7. The molecule has 1 N–H and O–H groups in total. The molecule has 0 saturated heterocycles. The van der Waals surface area contributed by atoms with Crippen molar-refractivity contribution in [2.24, 2.45) is 0 Å². The van der Waals surface area contributed by atoms with Crippen LogP contribution in [0.5, 0.6) is 0 Å². The molecule has 0 aliphatic heterocycles. The number of carbonyl (C=O) groups is 1. The van der Waals surface area contributed by atoms with Crippen LogP contribution in [-0.4, -0.2) is 26.3 Å². The average molecular weight is 351 g/mol. The number of nitrogens with one attached hydrogen (secondary N) is 1. The first-order valence-corrected chi connectivity index (χ1v) is 8.07. The molecule has 128 valence electrons. The largest absolute Gasteiger partial charge is 0.352 e. The number of rotatable bonds is 5. The third-order valence-electron chi connectivity index (χ3n) is 3.65. The molecule has 2 aromatic rings. The van der Waals surface area contributed by atoms with Crippen molar-refractivity contribution >= 4 is 17.5 Å². The Labute approximate surface area is 143 Å². The van der Waals surface area contributed by atoms with Crippen LogP contribution in [-0.2, 0) is 6.54 Å². The van der Waals surface area contributed by atoms with Gasteiger partial charge in [-0.3, -0.25) is 14.2 Å². The number of hydrogen-bond acceptors (Lipinski definition) is 4. The average Bonchev–Trinajstić information content (AvgIpc) is 2.56. The van der Waals surface area contributed by atoms with Gasteiger partial charge >= 0.3 is 5.69 Å². The van der Waals surface area contributed by atoms with Crippen LogP contribution in [0.2, 0.25) is 5.02 Å².